The maximum absolute atomic E-state index is 12.8. The van der Waals surface area contributed by atoms with Gasteiger partial charge in [-0.3, -0.25) is 19.2 Å². The average molecular weight is 673 g/mol. The molecule has 2 aromatic carbocycles. The minimum Gasteiger partial charge on any atom is -0.457 e. The van der Waals surface area contributed by atoms with Gasteiger partial charge in [-0.1, -0.05) is 31.0 Å². The summed E-state index contributed by atoms with van der Waals surface area (Å²) in [6.45, 7) is 5.58. The summed E-state index contributed by atoms with van der Waals surface area (Å²) >= 11 is 0. The van der Waals surface area contributed by atoms with Crippen LogP contribution in [0.4, 0.5) is 0 Å². The van der Waals surface area contributed by atoms with E-state index in [1.54, 1.807) is 24.3 Å². The van der Waals surface area contributed by atoms with Gasteiger partial charge in [0.1, 0.15) is 49.0 Å². The highest BCUT2D eigenvalue weighted by atomic mass is 16.7. The van der Waals surface area contributed by atoms with Crippen LogP contribution in [-0.4, -0.2) is 97.0 Å². The summed E-state index contributed by atoms with van der Waals surface area (Å²) in [5, 5.41) is 32.1. The van der Waals surface area contributed by atoms with Crippen LogP contribution in [0.1, 0.15) is 63.2 Å². The van der Waals surface area contributed by atoms with Crippen LogP contribution in [0.25, 0.3) is 0 Å². The van der Waals surface area contributed by atoms with Gasteiger partial charge in [-0.15, -0.1) is 0 Å². The molecule has 0 radical (unpaired) electrons. The summed E-state index contributed by atoms with van der Waals surface area (Å²) in [5.74, 6) is -0.388. The van der Waals surface area contributed by atoms with Gasteiger partial charge in [0.05, 0.1) is 6.10 Å². The predicted molar refractivity (Wildman–Crippen MR) is 175 cm³/mol. The number of carbonyl (C=O) groups excluding carboxylic acids is 4. The van der Waals surface area contributed by atoms with Crippen molar-refractivity contribution in [2.24, 2.45) is 0 Å². The molecule has 1 fully saturated rings. The van der Waals surface area contributed by atoms with Crippen LogP contribution < -0.4 is 26.0 Å². The molecule has 1 heterocycles. The van der Waals surface area contributed by atoms with Crippen molar-refractivity contribution in [3.63, 3.8) is 0 Å². The molecule has 1 saturated heterocycles. The van der Waals surface area contributed by atoms with Gasteiger partial charge in [-0.2, -0.15) is 0 Å². The van der Waals surface area contributed by atoms with E-state index in [9.17, 15) is 29.4 Å². The number of hydrogen-bond acceptors (Lipinski definition) is 10. The average Bonchev–Trinajstić information content (AvgIpc) is 3.05. The van der Waals surface area contributed by atoms with E-state index in [1.807, 2.05) is 44.2 Å². The molecule has 0 saturated carbocycles. The summed E-state index contributed by atoms with van der Waals surface area (Å²) in [4.78, 5) is 48.3. The summed E-state index contributed by atoms with van der Waals surface area (Å²) in [6, 6.07) is 14.8. The minimum atomic E-state index is -1.41. The Kier molecular flexibility index (Phi) is 16.2. The number of hydrogen-bond donors (Lipinski definition) is 6. The maximum Gasteiger partial charge on any atom is 0.251 e. The molecular formula is C34H48N4O10. The molecule has 48 heavy (non-hydrogen) atoms. The third kappa shape index (κ3) is 13.6. The van der Waals surface area contributed by atoms with E-state index in [-0.39, 0.29) is 38.3 Å². The molecule has 5 unspecified atom stereocenters. The molecule has 0 aliphatic carbocycles. The number of rotatable bonds is 19. The lowest BCUT2D eigenvalue weighted by atomic mass is 9.96. The first-order chi connectivity index (χ1) is 23.0. The first-order valence-electron chi connectivity index (χ1n) is 16.2. The Morgan fingerprint density at radius 2 is 1.50 bits per heavy atom. The van der Waals surface area contributed by atoms with Gasteiger partial charge in [-0.05, 0) is 63.1 Å². The molecule has 14 heteroatoms. The molecule has 0 spiro atoms. The molecule has 0 bridgehead atoms. The number of nitrogens with one attached hydrogen (secondary N) is 4. The Morgan fingerprint density at radius 3 is 2.19 bits per heavy atom. The van der Waals surface area contributed by atoms with Gasteiger partial charge < -0.3 is 50.4 Å². The van der Waals surface area contributed by atoms with E-state index in [2.05, 4.69) is 21.3 Å². The molecular weight excluding hydrogens is 624 g/mol. The standard InChI is InChI=1S/C34H48N4O10/c1-22(2)46-21-37-29(41)19-28(40)35-17-9-4-5-10-18-45-34-30(38-23(3)39)32(43)31(42)27(48-34)20-36-33(44)24-13-15-26(16-14-24)47-25-11-7-6-8-12-25/h6-8,11-16,22,27,30-32,34,42-43H,4-5,9-10,17-21H2,1-3H3,(H,35,40)(H,36,44)(H,37,41)(H,38,39). The summed E-state index contributed by atoms with van der Waals surface area (Å²) < 4.78 is 22.8. The van der Waals surface area contributed by atoms with Crippen molar-refractivity contribution in [1.82, 2.24) is 21.3 Å². The van der Waals surface area contributed by atoms with Crippen LogP contribution in [0, 0.1) is 0 Å². The van der Waals surface area contributed by atoms with Crippen LogP contribution >= 0.6 is 0 Å². The minimum absolute atomic E-state index is 0.0218. The fourth-order valence-corrected chi connectivity index (χ4v) is 4.79. The highest BCUT2D eigenvalue weighted by molar-refractivity contribution is 5.96. The van der Waals surface area contributed by atoms with Crippen LogP contribution in [0.3, 0.4) is 0 Å². The molecule has 3 rings (SSSR count). The van der Waals surface area contributed by atoms with Crippen LogP contribution in [0.2, 0.25) is 0 Å². The summed E-state index contributed by atoms with van der Waals surface area (Å²) in [7, 11) is 0. The van der Waals surface area contributed by atoms with Gasteiger partial charge in [0, 0.05) is 32.2 Å². The lowest BCUT2D eigenvalue weighted by molar-refractivity contribution is -0.262. The number of aliphatic hydroxyl groups is 2. The van der Waals surface area contributed by atoms with E-state index >= 15 is 0 Å². The topological polar surface area (TPSA) is 194 Å². The van der Waals surface area contributed by atoms with E-state index in [0.29, 0.717) is 36.4 Å². The molecule has 4 amide bonds. The third-order valence-corrected chi connectivity index (χ3v) is 7.31. The van der Waals surface area contributed by atoms with E-state index in [4.69, 9.17) is 18.9 Å². The molecule has 264 valence electrons. The van der Waals surface area contributed by atoms with E-state index in [1.165, 1.54) is 6.92 Å². The second kappa shape index (κ2) is 20.3. The van der Waals surface area contributed by atoms with Gasteiger partial charge in [0.15, 0.2) is 6.29 Å². The van der Waals surface area contributed by atoms with Crippen LogP contribution in [0.5, 0.6) is 11.5 Å². The molecule has 0 aromatic heterocycles. The highest BCUT2D eigenvalue weighted by Crippen LogP contribution is 2.24. The van der Waals surface area contributed by atoms with Gasteiger partial charge in [0.25, 0.3) is 5.91 Å². The first-order valence-corrected chi connectivity index (χ1v) is 16.2. The fourth-order valence-electron chi connectivity index (χ4n) is 4.79. The van der Waals surface area contributed by atoms with Crippen LogP contribution in [0.15, 0.2) is 54.6 Å². The van der Waals surface area contributed by atoms with Crippen molar-refractivity contribution in [3.05, 3.63) is 60.2 Å². The Labute approximate surface area is 280 Å². The molecule has 1 aliphatic heterocycles. The van der Waals surface area contributed by atoms with Crippen molar-refractivity contribution in [2.75, 3.05) is 26.4 Å². The van der Waals surface area contributed by atoms with Crippen molar-refractivity contribution in [2.45, 2.75) is 89.6 Å². The highest BCUT2D eigenvalue weighted by Gasteiger charge is 2.45. The Morgan fingerprint density at radius 1 is 0.833 bits per heavy atom. The number of benzene rings is 2. The SMILES string of the molecule is CC(=O)NC1C(OCCCCCCNC(=O)CC(=O)NCOC(C)C)OC(CNC(=O)c2ccc(Oc3ccccc3)cc2)C(O)C1O. The molecule has 2 aromatic rings. The number of amides is 4. The molecule has 1 aliphatic rings. The number of aliphatic hydroxyl groups excluding tert-OH is 2. The summed E-state index contributed by atoms with van der Waals surface area (Å²) in [5.41, 5.74) is 0.363. The first kappa shape index (κ1) is 38.4. The Balaban J connectivity index is 1.39. The Bertz CT molecular complexity index is 1290. The molecule has 5 atom stereocenters. The number of para-hydroxylation sites is 1. The zero-order valence-corrected chi connectivity index (χ0v) is 27.7. The van der Waals surface area contributed by atoms with Gasteiger partial charge >= 0.3 is 0 Å². The normalized spacial score (nSPS) is 20.5. The Hall–Kier alpha value is -4.08. The van der Waals surface area contributed by atoms with Gasteiger partial charge in [-0.25, -0.2) is 0 Å². The lowest BCUT2D eigenvalue weighted by Gasteiger charge is -2.42. The molecule has 6 N–H and O–H groups in total. The number of unbranched alkanes of at least 4 members (excludes halogenated alkanes) is 3. The number of carbonyl (C=O) groups is 4. The van der Waals surface area contributed by atoms with Crippen LogP contribution in [-0.2, 0) is 28.6 Å². The quantitative estimate of drug-likeness (QED) is 0.0728. The fraction of sp³-hybridized carbons (Fsp3) is 0.529. The largest absolute Gasteiger partial charge is 0.457 e. The van der Waals surface area contributed by atoms with E-state index < -0.39 is 48.4 Å². The second-order valence-electron chi connectivity index (χ2n) is 11.7. The zero-order chi connectivity index (χ0) is 34.9. The maximum atomic E-state index is 12.8. The number of ether oxygens (including phenoxy) is 4. The smallest absolute Gasteiger partial charge is 0.251 e. The van der Waals surface area contributed by atoms with Crippen molar-refractivity contribution >= 4 is 23.6 Å². The molecule has 14 nitrogen and oxygen atoms in total. The van der Waals surface area contributed by atoms with Crippen molar-refractivity contribution in [1.29, 1.82) is 0 Å². The zero-order valence-electron chi connectivity index (χ0n) is 27.7. The van der Waals surface area contributed by atoms with Gasteiger partial charge in [0.2, 0.25) is 17.7 Å². The monoisotopic (exact) mass is 672 g/mol. The lowest BCUT2D eigenvalue weighted by Crippen LogP contribution is -2.65. The van der Waals surface area contributed by atoms with Crippen molar-refractivity contribution in [3.8, 4) is 11.5 Å². The third-order valence-electron chi connectivity index (χ3n) is 7.31. The van der Waals surface area contributed by atoms with E-state index in [0.717, 1.165) is 12.8 Å². The summed E-state index contributed by atoms with van der Waals surface area (Å²) in [6.07, 6.45) is -2.30. The predicted octanol–water partition coefficient (Wildman–Crippen LogP) is 1.74. The second-order valence-corrected chi connectivity index (χ2v) is 11.7. The van der Waals surface area contributed by atoms with Crippen molar-refractivity contribution < 1.29 is 48.3 Å².